The van der Waals surface area contributed by atoms with Crippen LogP contribution in [0.15, 0.2) is 18.3 Å². The van der Waals surface area contributed by atoms with Crippen molar-refractivity contribution in [1.82, 2.24) is 15.6 Å². The SMILES string of the molecule is CC(=O)NCCNC(=O)c1ncccc1F. The second-order valence-electron chi connectivity index (χ2n) is 3.07. The number of halogens is 1. The minimum Gasteiger partial charge on any atom is -0.355 e. The predicted molar refractivity (Wildman–Crippen MR) is 55.2 cm³/mol. The maximum absolute atomic E-state index is 13.1. The van der Waals surface area contributed by atoms with Crippen molar-refractivity contribution in [3.05, 3.63) is 29.8 Å². The highest BCUT2D eigenvalue weighted by molar-refractivity contribution is 5.92. The standard InChI is InChI=1S/C10H12FN3O2/c1-7(15)12-5-6-14-10(16)9-8(11)3-2-4-13-9/h2-4H,5-6H2,1H3,(H,12,15)(H,14,16). The summed E-state index contributed by atoms with van der Waals surface area (Å²) in [5.74, 6) is -1.44. The molecule has 1 heterocycles. The summed E-state index contributed by atoms with van der Waals surface area (Å²) in [6.45, 7) is 1.91. The van der Waals surface area contributed by atoms with Crippen LogP contribution in [0.1, 0.15) is 17.4 Å². The number of hydrogen-bond donors (Lipinski definition) is 2. The lowest BCUT2D eigenvalue weighted by Crippen LogP contribution is -2.34. The quantitative estimate of drug-likeness (QED) is 0.713. The van der Waals surface area contributed by atoms with Crippen molar-refractivity contribution < 1.29 is 14.0 Å². The molecule has 1 aromatic heterocycles. The van der Waals surface area contributed by atoms with Gasteiger partial charge in [-0.2, -0.15) is 0 Å². The van der Waals surface area contributed by atoms with E-state index in [2.05, 4.69) is 15.6 Å². The molecule has 1 aromatic rings. The van der Waals surface area contributed by atoms with E-state index in [1.807, 2.05) is 0 Å². The predicted octanol–water partition coefficient (Wildman–Crippen LogP) is 0.0866. The van der Waals surface area contributed by atoms with Crippen LogP contribution in [0.25, 0.3) is 0 Å². The maximum atomic E-state index is 13.1. The molecular weight excluding hydrogens is 213 g/mol. The van der Waals surface area contributed by atoms with E-state index >= 15 is 0 Å². The lowest BCUT2D eigenvalue weighted by Gasteiger charge is -2.05. The lowest BCUT2D eigenvalue weighted by atomic mass is 10.3. The highest BCUT2D eigenvalue weighted by atomic mass is 19.1. The van der Waals surface area contributed by atoms with Crippen LogP contribution in [0, 0.1) is 5.82 Å². The molecule has 2 N–H and O–H groups in total. The van der Waals surface area contributed by atoms with Crippen LogP contribution in [-0.2, 0) is 4.79 Å². The molecule has 86 valence electrons. The molecule has 5 nitrogen and oxygen atoms in total. The largest absolute Gasteiger partial charge is 0.355 e. The number of nitrogens with one attached hydrogen (secondary N) is 2. The molecule has 1 rings (SSSR count). The Bertz CT molecular complexity index is 395. The first-order valence-corrected chi connectivity index (χ1v) is 4.74. The van der Waals surface area contributed by atoms with Gasteiger partial charge in [0.1, 0.15) is 0 Å². The van der Waals surface area contributed by atoms with E-state index in [0.29, 0.717) is 6.54 Å². The summed E-state index contributed by atoms with van der Waals surface area (Å²) in [4.78, 5) is 25.5. The van der Waals surface area contributed by atoms with Crippen molar-refractivity contribution in [3.8, 4) is 0 Å². The maximum Gasteiger partial charge on any atom is 0.272 e. The van der Waals surface area contributed by atoms with Gasteiger partial charge in [-0.05, 0) is 12.1 Å². The second-order valence-corrected chi connectivity index (χ2v) is 3.07. The second kappa shape index (κ2) is 5.79. The molecule has 6 heteroatoms. The van der Waals surface area contributed by atoms with Crippen LogP contribution in [-0.4, -0.2) is 29.9 Å². The minimum absolute atomic E-state index is 0.182. The molecule has 0 unspecified atom stereocenters. The van der Waals surface area contributed by atoms with Gasteiger partial charge in [0.15, 0.2) is 11.5 Å². The van der Waals surface area contributed by atoms with E-state index in [4.69, 9.17) is 0 Å². The Kier molecular flexibility index (Phi) is 4.38. The van der Waals surface area contributed by atoms with E-state index < -0.39 is 11.7 Å². The van der Waals surface area contributed by atoms with Crippen LogP contribution >= 0.6 is 0 Å². The zero-order chi connectivity index (χ0) is 12.0. The molecule has 0 aliphatic carbocycles. The van der Waals surface area contributed by atoms with Crippen LogP contribution in [0.5, 0.6) is 0 Å². The van der Waals surface area contributed by atoms with Gasteiger partial charge in [-0.1, -0.05) is 0 Å². The van der Waals surface area contributed by atoms with Gasteiger partial charge in [0.05, 0.1) is 0 Å². The average molecular weight is 225 g/mol. The molecule has 0 aliphatic heterocycles. The van der Waals surface area contributed by atoms with Crippen molar-refractivity contribution in [2.45, 2.75) is 6.92 Å². The number of carbonyl (C=O) groups is 2. The molecule has 0 fully saturated rings. The van der Waals surface area contributed by atoms with Crippen molar-refractivity contribution in [3.63, 3.8) is 0 Å². The zero-order valence-electron chi connectivity index (χ0n) is 8.79. The summed E-state index contributed by atoms with van der Waals surface area (Å²) in [6.07, 6.45) is 1.34. The highest BCUT2D eigenvalue weighted by Gasteiger charge is 2.11. The third kappa shape index (κ3) is 3.64. The smallest absolute Gasteiger partial charge is 0.272 e. The molecule has 0 saturated heterocycles. The Hall–Kier alpha value is -1.98. The third-order valence-electron chi connectivity index (χ3n) is 1.76. The van der Waals surface area contributed by atoms with Crippen LogP contribution < -0.4 is 10.6 Å². The summed E-state index contributed by atoms with van der Waals surface area (Å²) in [6, 6.07) is 2.57. The van der Waals surface area contributed by atoms with Gasteiger partial charge in [-0.15, -0.1) is 0 Å². The fraction of sp³-hybridized carbons (Fsp3) is 0.300. The van der Waals surface area contributed by atoms with E-state index in [0.717, 1.165) is 6.07 Å². The molecular formula is C10H12FN3O2. The Balaban J connectivity index is 2.41. The number of nitrogens with zero attached hydrogens (tertiary/aromatic N) is 1. The Morgan fingerprint density at radius 1 is 1.38 bits per heavy atom. The van der Waals surface area contributed by atoms with Crippen LogP contribution in [0.3, 0.4) is 0 Å². The highest BCUT2D eigenvalue weighted by Crippen LogP contribution is 2.01. The Morgan fingerprint density at radius 3 is 2.69 bits per heavy atom. The molecule has 16 heavy (non-hydrogen) atoms. The van der Waals surface area contributed by atoms with Gasteiger partial charge >= 0.3 is 0 Å². The first-order valence-electron chi connectivity index (χ1n) is 4.74. The number of carbonyl (C=O) groups excluding carboxylic acids is 2. The molecule has 0 aromatic carbocycles. The zero-order valence-corrected chi connectivity index (χ0v) is 8.79. The minimum atomic E-state index is -0.667. The molecule has 0 saturated carbocycles. The first-order chi connectivity index (χ1) is 7.61. The number of hydrogen-bond acceptors (Lipinski definition) is 3. The summed E-state index contributed by atoms with van der Waals surface area (Å²) in [5, 5.41) is 4.94. The molecule has 0 bridgehead atoms. The van der Waals surface area contributed by atoms with E-state index in [1.54, 1.807) is 0 Å². The first kappa shape index (κ1) is 12.1. The van der Waals surface area contributed by atoms with Gasteiger partial charge in [-0.3, -0.25) is 9.59 Å². The van der Waals surface area contributed by atoms with Crippen molar-refractivity contribution in [2.75, 3.05) is 13.1 Å². The van der Waals surface area contributed by atoms with E-state index in [9.17, 15) is 14.0 Å². The van der Waals surface area contributed by atoms with Gasteiger partial charge in [-0.25, -0.2) is 9.37 Å². The molecule has 2 amide bonds. The monoisotopic (exact) mass is 225 g/mol. The molecule has 0 aliphatic rings. The molecule has 0 atom stereocenters. The van der Waals surface area contributed by atoms with Gasteiger partial charge < -0.3 is 10.6 Å². The number of pyridine rings is 1. The van der Waals surface area contributed by atoms with Gasteiger partial charge in [0.25, 0.3) is 5.91 Å². The fourth-order valence-electron chi connectivity index (χ4n) is 1.05. The summed E-state index contributed by atoms with van der Waals surface area (Å²) >= 11 is 0. The lowest BCUT2D eigenvalue weighted by molar-refractivity contribution is -0.118. The third-order valence-corrected chi connectivity index (χ3v) is 1.76. The molecule has 0 spiro atoms. The summed E-state index contributed by atoms with van der Waals surface area (Å²) < 4.78 is 13.1. The summed E-state index contributed by atoms with van der Waals surface area (Å²) in [5.41, 5.74) is -0.245. The van der Waals surface area contributed by atoms with Crippen molar-refractivity contribution in [1.29, 1.82) is 0 Å². The molecule has 0 radical (unpaired) electrons. The van der Waals surface area contributed by atoms with Crippen molar-refractivity contribution in [2.24, 2.45) is 0 Å². The number of aromatic nitrogens is 1. The van der Waals surface area contributed by atoms with E-state index in [-0.39, 0.29) is 18.1 Å². The Labute approximate surface area is 92.1 Å². The average Bonchev–Trinajstić information content (AvgIpc) is 2.24. The van der Waals surface area contributed by atoms with Crippen molar-refractivity contribution >= 4 is 11.8 Å². The topological polar surface area (TPSA) is 71.1 Å². The van der Waals surface area contributed by atoms with E-state index in [1.165, 1.54) is 19.2 Å². The fourth-order valence-corrected chi connectivity index (χ4v) is 1.05. The van der Waals surface area contributed by atoms with Crippen LogP contribution in [0.4, 0.5) is 4.39 Å². The number of rotatable bonds is 4. The van der Waals surface area contributed by atoms with Crippen LogP contribution in [0.2, 0.25) is 0 Å². The number of amides is 2. The summed E-state index contributed by atoms with van der Waals surface area (Å²) in [7, 11) is 0. The Morgan fingerprint density at radius 2 is 2.06 bits per heavy atom. The van der Waals surface area contributed by atoms with Gasteiger partial charge in [0, 0.05) is 26.2 Å². The van der Waals surface area contributed by atoms with Gasteiger partial charge in [0.2, 0.25) is 5.91 Å². The normalized spacial score (nSPS) is 9.62.